The fourth-order valence-electron chi connectivity index (χ4n) is 0.982. The number of H-pyrrole nitrogens is 1. The van der Waals surface area contributed by atoms with Crippen LogP contribution in [0.2, 0.25) is 5.02 Å². The summed E-state index contributed by atoms with van der Waals surface area (Å²) in [6.07, 6.45) is 0. The van der Waals surface area contributed by atoms with Crippen molar-refractivity contribution in [3.05, 3.63) is 39.6 Å². The van der Waals surface area contributed by atoms with Crippen LogP contribution in [0.15, 0.2) is 27.4 Å². The minimum absolute atomic E-state index is 0.00614. The van der Waals surface area contributed by atoms with Crippen molar-refractivity contribution >= 4 is 11.6 Å². The van der Waals surface area contributed by atoms with Crippen molar-refractivity contribution in [1.82, 2.24) is 10.2 Å². The van der Waals surface area contributed by atoms with Crippen molar-refractivity contribution in [2.24, 2.45) is 0 Å². The minimum atomic E-state index is -0.685. The summed E-state index contributed by atoms with van der Waals surface area (Å²) in [5.74, 6) is -1.24. The second-order valence-corrected chi connectivity index (χ2v) is 2.95. The Labute approximate surface area is 82.3 Å². The Morgan fingerprint density at radius 1 is 1.50 bits per heavy atom. The zero-order chi connectivity index (χ0) is 10.1. The molecule has 0 radical (unpaired) electrons. The number of hydrogen-bond donors (Lipinski definition) is 1. The molecule has 2 aromatic rings. The minimum Gasteiger partial charge on any atom is -0.388 e. The van der Waals surface area contributed by atoms with E-state index in [0.717, 1.165) is 6.07 Å². The maximum Gasteiger partial charge on any atom is 0.434 e. The van der Waals surface area contributed by atoms with E-state index in [1.807, 2.05) is 0 Å². The summed E-state index contributed by atoms with van der Waals surface area (Å²) in [5.41, 5.74) is 0.352. The second kappa shape index (κ2) is 3.26. The molecule has 14 heavy (non-hydrogen) atoms. The third-order valence-electron chi connectivity index (χ3n) is 1.60. The molecule has 4 nitrogen and oxygen atoms in total. The van der Waals surface area contributed by atoms with E-state index in [1.54, 1.807) is 0 Å². The van der Waals surface area contributed by atoms with E-state index in [-0.39, 0.29) is 10.9 Å². The molecule has 6 heteroatoms. The summed E-state index contributed by atoms with van der Waals surface area (Å²) in [4.78, 5) is 10.6. The average Bonchev–Trinajstić information content (AvgIpc) is 2.57. The standard InChI is InChI=1S/C8H4ClFN2O2/c9-5-2-1-4(3-6(5)10)7-11-12-8(13)14-7/h1-3H,(H,12,13). The highest BCUT2D eigenvalue weighted by molar-refractivity contribution is 6.30. The molecule has 0 saturated carbocycles. The maximum atomic E-state index is 13.0. The first-order valence-corrected chi connectivity index (χ1v) is 4.05. The first-order chi connectivity index (χ1) is 6.66. The topological polar surface area (TPSA) is 58.9 Å². The van der Waals surface area contributed by atoms with Crippen LogP contribution >= 0.6 is 11.6 Å². The number of halogens is 2. The van der Waals surface area contributed by atoms with E-state index >= 15 is 0 Å². The molecule has 2 rings (SSSR count). The lowest BCUT2D eigenvalue weighted by Gasteiger charge is -1.95. The lowest BCUT2D eigenvalue weighted by atomic mass is 10.2. The van der Waals surface area contributed by atoms with Crippen molar-refractivity contribution in [2.75, 3.05) is 0 Å². The molecule has 1 N–H and O–H groups in total. The summed E-state index contributed by atoms with van der Waals surface area (Å²) in [6, 6.07) is 4.01. The Hall–Kier alpha value is -1.62. The van der Waals surface area contributed by atoms with Crippen molar-refractivity contribution in [2.45, 2.75) is 0 Å². The Bertz CT molecular complexity index is 520. The first-order valence-electron chi connectivity index (χ1n) is 3.68. The highest BCUT2D eigenvalue weighted by Gasteiger charge is 2.07. The zero-order valence-corrected chi connectivity index (χ0v) is 7.51. The third kappa shape index (κ3) is 1.54. The SMILES string of the molecule is O=c1[nH]nc(-c2ccc(Cl)c(F)c2)o1. The molecule has 1 aromatic heterocycles. The van der Waals surface area contributed by atoms with Crippen molar-refractivity contribution in [3.63, 3.8) is 0 Å². The lowest BCUT2D eigenvalue weighted by molar-refractivity contribution is 0.526. The number of nitrogens with one attached hydrogen (secondary N) is 1. The number of aromatic amines is 1. The van der Waals surface area contributed by atoms with Gasteiger partial charge in [-0.3, -0.25) is 0 Å². The smallest absolute Gasteiger partial charge is 0.388 e. The van der Waals surface area contributed by atoms with Crippen molar-refractivity contribution < 1.29 is 8.81 Å². The number of rotatable bonds is 1. The molecule has 72 valence electrons. The van der Waals surface area contributed by atoms with Crippen LogP contribution in [-0.2, 0) is 0 Å². The molecule has 0 atom stereocenters. The van der Waals surface area contributed by atoms with E-state index in [1.165, 1.54) is 12.1 Å². The molecule has 1 aromatic carbocycles. The van der Waals surface area contributed by atoms with Gasteiger partial charge in [0, 0.05) is 5.56 Å². The first kappa shape index (κ1) is 8.96. The highest BCUT2D eigenvalue weighted by atomic mass is 35.5. The lowest BCUT2D eigenvalue weighted by Crippen LogP contribution is -1.93. The van der Waals surface area contributed by atoms with Gasteiger partial charge in [0.05, 0.1) is 5.02 Å². The Balaban J connectivity index is 2.52. The molecule has 0 saturated heterocycles. The Kier molecular flexibility index (Phi) is 2.09. The van der Waals surface area contributed by atoms with Gasteiger partial charge < -0.3 is 4.42 Å². The van der Waals surface area contributed by atoms with E-state index in [9.17, 15) is 9.18 Å². The van der Waals surface area contributed by atoms with E-state index in [0.29, 0.717) is 5.56 Å². The van der Waals surface area contributed by atoms with Crippen LogP contribution in [0.3, 0.4) is 0 Å². The van der Waals surface area contributed by atoms with Crippen LogP contribution < -0.4 is 5.76 Å². The monoisotopic (exact) mass is 214 g/mol. The van der Waals surface area contributed by atoms with Crippen LogP contribution in [0, 0.1) is 5.82 Å². The van der Waals surface area contributed by atoms with Crippen molar-refractivity contribution in [1.29, 1.82) is 0 Å². The van der Waals surface area contributed by atoms with Gasteiger partial charge in [0.25, 0.3) is 0 Å². The normalized spacial score (nSPS) is 10.4. The summed E-state index contributed by atoms with van der Waals surface area (Å²) in [5, 5.41) is 5.62. The van der Waals surface area contributed by atoms with Crippen LogP contribution in [-0.4, -0.2) is 10.2 Å². The average molecular weight is 215 g/mol. The Morgan fingerprint density at radius 3 is 2.86 bits per heavy atom. The van der Waals surface area contributed by atoms with Crippen LogP contribution in [0.5, 0.6) is 0 Å². The van der Waals surface area contributed by atoms with Gasteiger partial charge in [-0.15, -0.1) is 5.10 Å². The van der Waals surface area contributed by atoms with E-state index in [2.05, 4.69) is 14.6 Å². The zero-order valence-electron chi connectivity index (χ0n) is 6.75. The summed E-state index contributed by atoms with van der Waals surface area (Å²) in [6.45, 7) is 0. The summed E-state index contributed by atoms with van der Waals surface area (Å²) < 4.78 is 17.6. The second-order valence-electron chi connectivity index (χ2n) is 2.55. The summed E-state index contributed by atoms with van der Waals surface area (Å²) in [7, 11) is 0. The largest absolute Gasteiger partial charge is 0.434 e. The van der Waals surface area contributed by atoms with Crippen LogP contribution in [0.4, 0.5) is 4.39 Å². The van der Waals surface area contributed by atoms with Gasteiger partial charge in [0.15, 0.2) is 0 Å². The molecule has 0 aliphatic carbocycles. The van der Waals surface area contributed by atoms with Crippen LogP contribution in [0.1, 0.15) is 0 Å². The van der Waals surface area contributed by atoms with Gasteiger partial charge >= 0.3 is 5.76 Å². The predicted molar refractivity (Wildman–Crippen MR) is 47.5 cm³/mol. The van der Waals surface area contributed by atoms with Gasteiger partial charge in [0.2, 0.25) is 5.89 Å². The van der Waals surface area contributed by atoms with Crippen LogP contribution in [0.25, 0.3) is 11.5 Å². The molecule has 0 aliphatic heterocycles. The number of nitrogens with zero attached hydrogens (tertiary/aromatic N) is 1. The third-order valence-corrected chi connectivity index (χ3v) is 1.91. The van der Waals surface area contributed by atoms with Gasteiger partial charge in [-0.25, -0.2) is 14.3 Å². The number of benzene rings is 1. The number of aromatic nitrogens is 2. The van der Waals surface area contributed by atoms with Gasteiger partial charge in [0.1, 0.15) is 5.82 Å². The molecular weight excluding hydrogens is 211 g/mol. The molecule has 0 aliphatic rings. The van der Waals surface area contributed by atoms with Gasteiger partial charge in [-0.05, 0) is 18.2 Å². The molecule has 1 heterocycles. The molecule has 0 unspecified atom stereocenters. The predicted octanol–water partition coefficient (Wildman–Crippen LogP) is 1.82. The fourth-order valence-corrected chi connectivity index (χ4v) is 1.10. The van der Waals surface area contributed by atoms with Crippen molar-refractivity contribution in [3.8, 4) is 11.5 Å². The molecule has 0 bridgehead atoms. The quantitative estimate of drug-likeness (QED) is 0.788. The molecular formula is C8H4ClFN2O2. The summed E-state index contributed by atoms with van der Waals surface area (Å²) >= 11 is 5.48. The number of hydrogen-bond acceptors (Lipinski definition) is 3. The highest BCUT2D eigenvalue weighted by Crippen LogP contribution is 2.21. The van der Waals surface area contributed by atoms with E-state index < -0.39 is 11.6 Å². The fraction of sp³-hybridized carbons (Fsp3) is 0. The molecule has 0 amide bonds. The molecule has 0 fully saturated rings. The van der Waals surface area contributed by atoms with Gasteiger partial charge in [-0.2, -0.15) is 0 Å². The van der Waals surface area contributed by atoms with Gasteiger partial charge in [-0.1, -0.05) is 11.6 Å². The maximum absolute atomic E-state index is 13.0. The van der Waals surface area contributed by atoms with E-state index in [4.69, 9.17) is 11.6 Å². The Morgan fingerprint density at radius 2 is 2.29 bits per heavy atom. The molecule has 0 spiro atoms.